The predicted molar refractivity (Wildman–Crippen MR) is 84.0 cm³/mol. The largest absolute Gasteiger partial charge is 0.263 e. The molecule has 0 aliphatic carbocycles. The van der Waals surface area contributed by atoms with Gasteiger partial charge in [0.1, 0.15) is 18.5 Å². The third kappa shape index (κ3) is 3.64. The van der Waals surface area contributed by atoms with E-state index in [-0.39, 0.29) is 0 Å². The number of rotatable bonds is 6. The summed E-state index contributed by atoms with van der Waals surface area (Å²) in [5.74, 6) is 1.53. The molecule has 0 aliphatic rings. The van der Waals surface area contributed by atoms with Crippen LogP contribution in [-0.4, -0.2) is 29.9 Å². The first-order valence-electron chi connectivity index (χ1n) is 6.88. The zero-order chi connectivity index (χ0) is 15.4. The molecule has 2 aromatic heterocycles. The standard InChI is InChI=1S/C14H14Cl2N6/c15-11-3-1-4-12(16)10(11)7-14-19-13(20-21-14)5-2-6-22-9-17-8-18-22/h1,3-4,8-9H,2,5-7H2,(H,19,20,21). The number of H-pyrrole nitrogens is 1. The number of benzene rings is 1. The Hall–Kier alpha value is -1.92. The van der Waals surface area contributed by atoms with E-state index in [1.54, 1.807) is 11.0 Å². The fourth-order valence-electron chi connectivity index (χ4n) is 2.14. The van der Waals surface area contributed by atoms with Gasteiger partial charge in [0, 0.05) is 29.4 Å². The molecule has 114 valence electrons. The van der Waals surface area contributed by atoms with Gasteiger partial charge in [-0.2, -0.15) is 10.2 Å². The van der Waals surface area contributed by atoms with Gasteiger partial charge >= 0.3 is 0 Å². The lowest BCUT2D eigenvalue weighted by molar-refractivity contribution is 0.570. The Morgan fingerprint density at radius 1 is 1.18 bits per heavy atom. The highest BCUT2D eigenvalue weighted by Gasteiger charge is 2.10. The van der Waals surface area contributed by atoms with E-state index in [0.717, 1.165) is 36.6 Å². The summed E-state index contributed by atoms with van der Waals surface area (Å²) in [4.78, 5) is 8.38. The molecule has 22 heavy (non-hydrogen) atoms. The minimum atomic E-state index is 0.536. The number of halogens is 2. The summed E-state index contributed by atoms with van der Waals surface area (Å²) in [6, 6.07) is 5.46. The molecule has 0 bridgehead atoms. The molecule has 0 spiro atoms. The lowest BCUT2D eigenvalue weighted by Crippen LogP contribution is -2.00. The van der Waals surface area contributed by atoms with Crippen LogP contribution in [0.15, 0.2) is 30.9 Å². The van der Waals surface area contributed by atoms with Gasteiger partial charge in [-0.25, -0.2) is 9.97 Å². The summed E-state index contributed by atoms with van der Waals surface area (Å²) < 4.78 is 1.79. The number of hydrogen-bond acceptors (Lipinski definition) is 4. The Kier molecular flexibility index (Phi) is 4.70. The highest BCUT2D eigenvalue weighted by molar-refractivity contribution is 6.36. The molecule has 3 rings (SSSR count). The van der Waals surface area contributed by atoms with Crippen LogP contribution in [0.4, 0.5) is 0 Å². The molecule has 1 aromatic carbocycles. The van der Waals surface area contributed by atoms with Gasteiger partial charge in [0.15, 0.2) is 5.82 Å². The van der Waals surface area contributed by atoms with Gasteiger partial charge in [0.25, 0.3) is 0 Å². The van der Waals surface area contributed by atoms with Gasteiger partial charge in [-0.05, 0) is 24.1 Å². The van der Waals surface area contributed by atoms with Crippen LogP contribution >= 0.6 is 23.2 Å². The van der Waals surface area contributed by atoms with Gasteiger partial charge in [-0.1, -0.05) is 29.3 Å². The van der Waals surface area contributed by atoms with Crippen LogP contribution in [0.1, 0.15) is 23.6 Å². The molecule has 0 saturated heterocycles. The maximum Gasteiger partial charge on any atom is 0.150 e. The van der Waals surface area contributed by atoms with E-state index in [0.29, 0.717) is 16.5 Å². The first kappa shape index (κ1) is 15.0. The average molecular weight is 337 g/mol. The molecule has 6 nitrogen and oxygen atoms in total. The fraction of sp³-hybridized carbons (Fsp3) is 0.286. The minimum Gasteiger partial charge on any atom is -0.263 e. The molecule has 3 aromatic rings. The lowest BCUT2D eigenvalue weighted by atomic mass is 10.1. The van der Waals surface area contributed by atoms with Crippen LogP contribution < -0.4 is 0 Å². The molecule has 0 unspecified atom stereocenters. The van der Waals surface area contributed by atoms with Crippen molar-refractivity contribution in [3.8, 4) is 0 Å². The minimum absolute atomic E-state index is 0.536. The molecule has 0 amide bonds. The number of hydrogen-bond donors (Lipinski definition) is 1. The summed E-state index contributed by atoms with van der Waals surface area (Å²) in [5.41, 5.74) is 0.858. The van der Waals surface area contributed by atoms with Gasteiger partial charge in [-0.15, -0.1) is 0 Å². The smallest absolute Gasteiger partial charge is 0.150 e. The van der Waals surface area contributed by atoms with Crippen molar-refractivity contribution >= 4 is 23.2 Å². The normalized spacial score (nSPS) is 11.0. The first-order valence-corrected chi connectivity index (χ1v) is 7.63. The summed E-state index contributed by atoms with van der Waals surface area (Å²) in [7, 11) is 0. The molecule has 2 heterocycles. The Balaban J connectivity index is 1.59. The maximum absolute atomic E-state index is 6.16. The van der Waals surface area contributed by atoms with Gasteiger partial charge in [-0.3, -0.25) is 9.78 Å². The van der Waals surface area contributed by atoms with E-state index in [1.807, 2.05) is 18.2 Å². The van der Waals surface area contributed by atoms with E-state index in [9.17, 15) is 0 Å². The van der Waals surface area contributed by atoms with Crippen molar-refractivity contribution < 1.29 is 0 Å². The molecule has 0 atom stereocenters. The van der Waals surface area contributed by atoms with Crippen LogP contribution in [0.5, 0.6) is 0 Å². The van der Waals surface area contributed by atoms with Crippen molar-refractivity contribution in [3.63, 3.8) is 0 Å². The van der Waals surface area contributed by atoms with Crippen molar-refractivity contribution in [2.45, 2.75) is 25.8 Å². The molecular weight excluding hydrogens is 323 g/mol. The average Bonchev–Trinajstić information content (AvgIpc) is 3.15. The van der Waals surface area contributed by atoms with Crippen LogP contribution in [0.3, 0.4) is 0 Å². The SMILES string of the molecule is Clc1cccc(Cl)c1Cc1nc(CCCn2cncn2)n[nH]1. The Morgan fingerprint density at radius 3 is 2.73 bits per heavy atom. The van der Waals surface area contributed by atoms with Crippen molar-refractivity contribution in [2.75, 3.05) is 0 Å². The van der Waals surface area contributed by atoms with Crippen LogP contribution in [-0.2, 0) is 19.4 Å². The van der Waals surface area contributed by atoms with Crippen LogP contribution in [0.25, 0.3) is 0 Å². The van der Waals surface area contributed by atoms with E-state index in [1.165, 1.54) is 6.33 Å². The Bertz CT molecular complexity index is 717. The predicted octanol–water partition coefficient (Wildman–Crippen LogP) is 2.93. The van der Waals surface area contributed by atoms with Crippen LogP contribution in [0, 0.1) is 0 Å². The second kappa shape index (κ2) is 6.89. The van der Waals surface area contributed by atoms with Gasteiger partial charge < -0.3 is 0 Å². The molecule has 8 heteroatoms. The monoisotopic (exact) mass is 336 g/mol. The molecule has 0 aliphatic heterocycles. The molecule has 1 N–H and O–H groups in total. The van der Waals surface area contributed by atoms with Crippen molar-refractivity contribution in [1.29, 1.82) is 0 Å². The number of aromatic nitrogens is 6. The molecule has 0 fully saturated rings. The Morgan fingerprint density at radius 2 is 2.00 bits per heavy atom. The third-order valence-corrected chi connectivity index (χ3v) is 3.95. The number of aryl methyl sites for hydroxylation is 2. The van der Waals surface area contributed by atoms with E-state index < -0.39 is 0 Å². The number of aromatic amines is 1. The van der Waals surface area contributed by atoms with E-state index in [2.05, 4.69) is 25.3 Å². The van der Waals surface area contributed by atoms with Crippen molar-refractivity contribution in [2.24, 2.45) is 0 Å². The Labute approximate surface area is 137 Å². The van der Waals surface area contributed by atoms with Gasteiger partial charge in [0.2, 0.25) is 0 Å². The van der Waals surface area contributed by atoms with E-state index in [4.69, 9.17) is 23.2 Å². The highest BCUT2D eigenvalue weighted by Crippen LogP contribution is 2.25. The second-order valence-electron chi connectivity index (χ2n) is 4.84. The summed E-state index contributed by atoms with van der Waals surface area (Å²) in [6.45, 7) is 0.792. The number of nitrogens with one attached hydrogen (secondary N) is 1. The number of nitrogens with zero attached hydrogens (tertiary/aromatic N) is 5. The summed E-state index contributed by atoms with van der Waals surface area (Å²) in [5, 5.41) is 12.5. The fourth-order valence-corrected chi connectivity index (χ4v) is 2.67. The van der Waals surface area contributed by atoms with Crippen molar-refractivity contribution in [1.82, 2.24) is 29.9 Å². The van der Waals surface area contributed by atoms with Crippen molar-refractivity contribution in [3.05, 3.63) is 58.1 Å². The zero-order valence-electron chi connectivity index (χ0n) is 11.7. The maximum atomic E-state index is 6.16. The lowest BCUT2D eigenvalue weighted by Gasteiger charge is -2.03. The van der Waals surface area contributed by atoms with Crippen LogP contribution in [0.2, 0.25) is 10.0 Å². The highest BCUT2D eigenvalue weighted by atomic mass is 35.5. The molecule has 0 radical (unpaired) electrons. The molecule has 0 saturated carbocycles. The molecular formula is C14H14Cl2N6. The topological polar surface area (TPSA) is 72.3 Å². The summed E-state index contributed by atoms with van der Waals surface area (Å²) >= 11 is 12.3. The van der Waals surface area contributed by atoms with E-state index >= 15 is 0 Å². The summed E-state index contributed by atoms with van der Waals surface area (Å²) in [6.07, 6.45) is 5.43. The first-order chi connectivity index (χ1) is 10.7. The quantitative estimate of drug-likeness (QED) is 0.751. The van der Waals surface area contributed by atoms with Gasteiger partial charge in [0.05, 0.1) is 0 Å². The zero-order valence-corrected chi connectivity index (χ0v) is 13.2. The third-order valence-electron chi connectivity index (χ3n) is 3.24. The second-order valence-corrected chi connectivity index (χ2v) is 5.65.